The number of alkyl halides is 2. The number of carbonyl (C=O) groups is 1. The molecule has 7 heteroatoms. The third-order valence-electron chi connectivity index (χ3n) is 1.98. The van der Waals surface area contributed by atoms with Crippen molar-refractivity contribution in [3.8, 4) is 0 Å². The Labute approximate surface area is 99.4 Å². The summed E-state index contributed by atoms with van der Waals surface area (Å²) in [7, 11) is 2.92. The van der Waals surface area contributed by atoms with Crippen LogP contribution >= 0.6 is 0 Å². The van der Waals surface area contributed by atoms with Crippen molar-refractivity contribution >= 4 is 5.91 Å². The molecule has 0 aliphatic carbocycles. The van der Waals surface area contributed by atoms with Gasteiger partial charge in [0.2, 0.25) is 5.91 Å². The molecule has 1 amide bonds. The van der Waals surface area contributed by atoms with Crippen LogP contribution in [0.5, 0.6) is 0 Å². The lowest BCUT2D eigenvalue weighted by Gasteiger charge is -2.22. The summed E-state index contributed by atoms with van der Waals surface area (Å²) in [6, 6.07) is -0.326. The van der Waals surface area contributed by atoms with Crippen LogP contribution in [0, 0.1) is 0 Å². The lowest BCUT2D eigenvalue weighted by Crippen LogP contribution is -2.43. The third-order valence-corrected chi connectivity index (χ3v) is 1.98. The molecule has 0 spiro atoms. The molecule has 0 saturated heterocycles. The predicted octanol–water partition coefficient (Wildman–Crippen LogP) is 0.782. The zero-order valence-corrected chi connectivity index (χ0v) is 10.2. The van der Waals surface area contributed by atoms with Crippen LogP contribution in [0.1, 0.15) is 13.3 Å². The van der Waals surface area contributed by atoms with Gasteiger partial charge in [-0.3, -0.25) is 4.79 Å². The summed E-state index contributed by atoms with van der Waals surface area (Å²) in [6.45, 7) is 1.03. The summed E-state index contributed by atoms with van der Waals surface area (Å²) in [4.78, 5) is 11.3. The predicted molar refractivity (Wildman–Crippen MR) is 56.9 cm³/mol. The monoisotopic (exact) mass is 255 g/mol. The molecular formula is C10H19F2NO4. The fourth-order valence-electron chi connectivity index (χ4n) is 1.24. The molecule has 0 aromatic carbocycles. The summed E-state index contributed by atoms with van der Waals surface area (Å²) < 4.78 is 37.9. The van der Waals surface area contributed by atoms with Crippen molar-refractivity contribution < 1.29 is 27.8 Å². The number of amides is 1. The van der Waals surface area contributed by atoms with Gasteiger partial charge < -0.3 is 19.5 Å². The molecule has 0 aliphatic rings. The minimum Gasteiger partial charge on any atom is -0.375 e. The first-order chi connectivity index (χ1) is 8.01. The molecule has 0 aliphatic heterocycles. The highest BCUT2D eigenvalue weighted by molar-refractivity contribution is 5.76. The van der Waals surface area contributed by atoms with E-state index in [1.807, 2.05) is 0 Å². The first-order valence-electron chi connectivity index (χ1n) is 5.22. The minimum absolute atomic E-state index is 0.0250. The van der Waals surface area contributed by atoms with Crippen molar-refractivity contribution in [3.05, 3.63) is 0 Å². The number of hydrogen-bond donors (Lipinski definition) is 1. The lowest BCUT2D eigenvalue weighted by atomic mass is 10.3. The van der Waals surface area contributed by atoms with Crippen LogP contribution in [-0.4, -0.2) is 52.1 Å². The number of methoxy groups -OCH3 is 2. The van der Waals surface area contributed by atoms with Gasteiger partial charge in [0, 0.05) is 20.6 Å². The van der Waals surface area contributed by atoms with E-state index in [0.29, 0.717) is 0 Å². The van der Waals surface area contributed by atoms with E-state index in [4.69, 9.17) is 9.47 Å². The van der Waals surface area contributed by atoms with Crippen LogP contribution < -0.4 is 5.32 Å². The second kappa shape index (κ2) is 9.26. The van der Waals surface area contributed by atoms with E-state index in [1.54, 1.807) is 6.92 Å². The molecule has 0 bridgehead atoms. The summed E-state index contributed by atoms with van der Waals surface area (Å²) in [5.74, 6) is -0.300. The largest absolute Gasteiger partial charge is 0.375 e. The molecular weight excluding hydrogens is 236 g/mol. The Hall–Kier alpha value is -0.790. The van der Waals surface area contributed by atoms with Gasteiger partial charge in [-0.2, -0.15) is 0 Å². The Balaban J connectivity index is 3.70. The first-order valence-corrected chi connectivity index (χ1v) is 5.22. The zero-order valence-electron chi connectivity index (χ0n) is 10.2. The van der Waals surface area contributed by atoms with Gasteiger partial charge in [0.1, 0.15) is 6.61 Å². The molecule has 0 heterocycles. The number of hydrogen-bond acceptors (Lipinski definition) is 4. The van der Waals surface area contributed by atoms with Crippen LogP contribution in [0.3, 0.4) is 0 Å². The summed E-state index contributed by atoms with van der Waals surface area (Å²) in [6.07, 6.45) is -3.03. The highest BCUT2D eigenvalue weighted by Crippen LogP contribution is 1.99. The van der Waals surface area contributed by atoms with Crippen molar-refractivity contribution in [2.75, 3.05) is 27.4 Å². The molecule has 1 unspecified atom stereocenters. The van der Waals surface area contributed by atoms with E-state index in [0.717, 1.165) is 0 Å². The van der Waals surface area contributed by atoms with Crippen LogP contribution in [0.4, 0.5) is 8.78 Å². The summed E-state index contributed by atoms with van der Waals surface area (Å²) in [5, 5.41) is 2.61. The van der Waals surface area contributed by atoms with E-state index >= 15 is 0 Å². The molecule has 0 fully saturated rings. The van der Waals surface area contributed by atoms with Crippen LogP contribution in [-0.2, 0) is 19.0 Å². The van der Waals surface area contributed by atoms with Crippen molar-refractivity contribution in [2.24, 2.45) is 0 Å². The van der Waals surface area contributed by atoms with Gasteiger partial charge >= 0.3 is 0 Å². The number of rotatable bonds is 9. The second-order valence-corrected chi connectivity index (χ2v) is 3.41. The van der Waals surface area contributed by atoms with Crippen LogP contribution in [0.2, 0.25) is 0 Å². The van der Waals surface area contributed by atoms with Gasteiger partial charge in [-0.15, -0.1) is 0 Å². The lowest BCUT2D eigenvalue weighted by molar-refractivity contribution is -0.136. The van der Waals surface area contributed by atoms with E-state index in [-0.39, 0.29) is 25.0 Å². The number of halogens is 2. The molecule has 1 atom stereocenters. The number of carbonyl (C=O) groups excluding carboxylic acids is 1. The average molecular weight is 255 g/mol. The van der Waals surface area contributed by atoms with E-state index < -0.39 is 19.3 Å². The average Bonchev–Trinajstić information content (AvgIpc) is 2.25. The quantitative estimate of drug-likeness (QED) is 0.488. The molecule has 0 radical (unpaired) electrons. The second-order valence-electron chi connectivity index (χ2n) is 3.41. The highest BCUT2D eigenvalue weighted by atomic mass is 19.3. The third kappa shape index (κ3) is 8.00. The van der Waals surface area contributed by atoms with Gasteiger partial charge in [0.05, 0.1) is 12.6 Å². The Morgan fingerprint density at radius 1 is 1.29 bits per heavy atom. The molecule has 17 heavy (non-hydrogen) atoms. The Bertz CT molecular complexity index is 212. The molecule has 102 valence electrons. The van der Waals surface area contributed by atoms with Crippen molar-refractivity contribution in [1.29, 1.82) is 0 Å². The normalized spacial score (nSPS) is 13.1. The minimum atomic E-state index is -2.51. The van der Waals surface area contributed by atoms with Gasteiger partial charge in [-0.1, -0.05) is 0 Å². The highest BCUT2D eigenvalue weighted by Gasteiger charge is 2.17. The molecule has 0 rings (SSSR count). The Morgan fingerprint density at radius 2 is 1.88 bits per heavy atom. The maximum Gasteiger partial charge on any atom is 0.261 e. The van der Waals surface area contributed by atoms with Gasteiger partial charge in [-0.05, 0) is 6.92 Å². The number of ether oxygens (including phenoxy) is 3. The SMILES string of the molecule is COC(OC)C(C)NC(=O)CCOCC(F)F. The molecule has 0 aromatic rings. The Kier molecular flexibility index (Phi) is 8.83. The van der Waals surface area contributed by atoms with Gasteiger partial charge in [-0.25, -0.2) is 8.78 Å². The molecule has 1 N–H and O–H groups in total. The smallest absolute Gasteiger partial charge is 0.261 e. The van der Waals surface area contributed by atoms with E-state index in [9.17, 15) is 13.6 Å². The maximum atomic E-state index is 11.7. The molecule has 0 saturated carbocycles. The summed E-state index contributed by atoms with van der Waals surface area (Å²) in [5.41, 5.74) is 0. The zero-order chi connectivity index (χ0) is 13.3. The van der Waals surface area contributed by atoms with Crippen molar-refractivity contribution in [2.45, 2.75) is 32.1 Å². The fraction of sp³-hybridized carbons (Fsp3) is 0.900. The fourth-order valence-corrected chi connectivity index (χ4v) is 1.24. The maximum absolute atomic E-state index is 11.7. The Morgan fingerprint density at radius 3 is 2.35 bits per heavy atom. The topological polar surface area (TPSA) is 56.8 Å². The van der Waals surface area contributed by atoms with Crippen LogP contribution in [0.15, 0.2) is 0 Å². The van der Waals surface area contributed by atoms with Gasteiger partial charge in [0.25, 0.3) is 6.43 Å². The molecule has 5 nitrogen and oxygen atoms in total. The van der Waals surface area contributed by atoms with E-state index in [2.05, 4.69) is 10.1 Å². The van der Waals surface area contributed by atoms with Crippen molar-refractivity contribution in [3.63, 3.8) is 0 Å². The standard InChI is InChI=1S/C10H19F2NO4/c1-7(10(15-2)16-3)13-9(14)4-5-17-6-8(11)12/h7-8,10H,4-6H2,1-3H3,(H,13,14). The van der Waals surface area contributed by atoms with E-state index in [1.165, 1.54) is 14.2 Å². The summed E-state index contributed by atoms with van der Waals surface area (Å²) >= 11 is 0. The van der Waals surface area contributed by atoms with Gasteiger partial charge in [0.15, 0.2) is 6.29 Å². The van der Waals surface area contributed by atoms with Crippen molar-refractivity contribution in [1.82, 2.24) is 5.32 Å². The first kappa shape index (κ1) is 16.2. The number of nitrogens with one attached hydrogen (secondary N) is 1. The van der Waals surface area contributed by atoms with Crippen LogP contribution in [0.25, 0.3) is 0 Å². The molecule has 0 aromatic heterocycles.